The lowest BCUT2D eigenvalue weighted by Crippen LogP contribution is -2.39. The van der Waals surface area contributed by atoms with E-state index in [2.05, 4.69) is 10.00 Å². The van der Waals surface area contributed by atoms with Gasteiger partial charge in [0.05, 0.1) is 35.8 Å². The second kappa shape index (κ2) is 12.4. The second-order valence-electron chi connectivity index (χ2n) is 8.94. The van der Waals surface area contributed by atoms with Crippen LogP contribution in [0.3, 0.4) is 0 Å². The fraction of sp³-hybridized carbons (Fsp3) is 0.444. The van der Waals surface area contributed by atoms with Crippen LogP contribution in [0.4, 0.5) is 8.78 Å². The highest BCUT2D eigenvalue weighted by Crippen LogP contribution is 2.33. The molecule has 1 N–H and O–H groups in total. The molecular weight excluding hydrogens is 468 g/mol. The molecule has 9 heteroatoms. The van der Waals surface area contributed by atoms with Crippen molar-refractivity contribution in [3.05, 3.63) is 71.4 Å². The molecule has 4 rings (SSSR count). The highest BCUT2D eigenvalue weighted by atomic mass is 19.1. The van der Waals surface area contributed by atoms with E-state index in [9.17, 15) is 13.9 Å². The molecule has 2 aromatic carbocycles. The van der Waals surface area contributed by atoms with Crippen molar-refractivity contribution in [2.75, 3.05) is 32.9 Å². The lowest BCUT2D eigenvalue weighted by atomic mass is 10.1. The summed E-state index contributed by atoms with van der Waals surface area (Å²) in [5.74, 6) is -1.25. The summed E-state index contributed by atoms with van der Waals surface area (Å²) in [6, 6.07) is 12.6. The van der Waals surface area contributed by atoms with Gasteiger partial charge in [-0.3, -0.25) is 4.90 Å². The van der Waals surface area contributed by atoms with Gasteiger partial charge in [0.25, 0.3) is 0 Å². The summed E-state index contributed by atoms with van der Waals surface area (Å²) in [5, 5.41) is 15.3. The van der Waals surface area contributed by atoms with Gasteiger partial charge in [-0.1, -0.05) is 18.2 Å². The maximum Gasteiger partial charge on any atom is 0.227 e. The second-order valence-corrected chi connectivity index (χ2v) is 8.94. The Morgan fingerprint density at radius 3 is 2.72 bits per heavy atom. The normalized spacial score (nSPS) is 16.6. The van der Waals surface area contributed by atoms with Gasteiger partial charge in [-0.25, -0.2) is 13.5 Å². The first kappa shape index (κ1) is 26.2. The third-order valence-electron chi connectivity index (χ3n) is 6.09. The molecule has 1 saturated heterocycles. The number of hydrogen-bond donors (Lipinski definition) is 1. The summed E-state index contributed by atoms with van der Waals surface area (Å²) in [4.78, 5) is 2.09. The minimum Gasteiger partial charge on any atom is -0.435 e. The number of aromatic nitrogens is 2. The molecule has 2 unspecified atom stereocenters. The molecule has 0 radical (unpaired) electrons. The highest BCUT2D eigenvalue weighted by molar-refractivity contribution is 5.43. The van der Waals surface area contributed by atoms with Crippen LogP contribution in [-0.4, -0.2) is 64.9 Å². The smallest absolute Gasteiger partial charge is 0.227 e. The third kappa shape index (κ3) is 6.67. The molecule has 0 saturated carbocycles. The van der Waals surface area contributed by atoms with Crippen molar-refractivity contribution in [3.63, 3.8) is 0 Å². The molecule has 0 spiro atoms. The van der Waals surface area contributed by atoms with Crippen LogP contribution in [0.5, 0.6) is 11.6 Å². The van der Waals surface area contributed by atoms with E-state index in [0.29, 0.717) is 37.8 Å². The molecule has 7 nitrogen and oxygen atoms in total. The van der Waals surface area contributed by atoms with Gasteiger partial charge in [0, 0.05) is 38.9 Å². The summed E-state index contributed by atoms with van der Waals surface area (Å²) < 4.78 is 47.0. The molecule has 1 aromatic heterocycles. The van der Waals surface area contributed by atoms with Crippen LogP contribution < -0.4 is 4.74 Å². The summed E-state index contributed by atoms with van der Waals surface area (Å²) in [5.41, 5.74) is 2.18. The Labute approximate surface area is 210 Å². The van der Waals surface area contributed by atoms with Gasteiger partial charge in [-0.05, 0) is 51.0 Å². The quantitative estimate of drug-likeness (QED) is 0.390. The lowest BCUT2D eigenvalue weighted by molar-refractivity contribution is 0.00497. The van der Waals surface area contributed by atoms with Crippen LogP contribution in [0.15, 0.2) is 48.5 Å². The lowest BCUT2D eigenvalue weighted by Gasteiger charge is -2.27. The molecule has 3 aromatic rings. The van der Waals surface area contributed by atoms with Crippen LogP contribution >= 0.6 is 0 Å². The SMILES string of the molecule is CCOCC(O)CN(Cc1c(C)nn(-c2ccccc2)c1Oc1ccc(F)cc1F)CC1CCCO1. The van der Waals surface area contributed by atoms with Crippen molar-refractivity contribution in [2.45, 2.75) is 45.4 Å². The minimum atomic E-state index is -0.803. The molecule has 2 heterocycles. The van der Waals surface area contributed by atoms with Crippen molar-refractivity contribution in [2.24, 2.45) is 0 Å². The van der Waals surface area contributed by atoms with Crippen LogP contribution in [0.2, 0.25) is 0 Å². The van der Waals surface area contributed by atoms with Gasteiger partial charge in [0.1, 0.15) is 5.82 Å². The van der Waals surface area contributed by atoms with Crippen LogP contribution in [-0.2, 0) is 16.0 Å². The Morgan fingerprint density at radius 1 is 1.22 bits per heavy atom. The molecule has 0 bridgehead atoms. The molecule has 0 aliphatic carbocycles. The van der Waals surface area contributed by atoms with Crippen LogP contribution in [0.1, 0.15) is 31.0 Å². The number of nitrogens with zero attached hydrogens (tertiary/aromatic N) is 3. The molecule has 0 amide bonds. The van der Waals surface area contributed by atoms with Crippen molar-refractivity contribution >= 4 is 0 Å². The fourth-order valence-electron chi connectivity index (χ4n) is 4.34. The first-order valence-corrected chi connectivity index (χ1v) is 12.3. The van der Waals surface area contributed by atoms with Gasteiger partial charge in [-0.15, -0.1) is 0 Å². The highest BCUT2D eigenvalue weighted by Gasteiger charge is 2.26. The van der Waals surface area contributed by atoms with E-state index in [1.807, 2.05) is 44.2 Å². The molecular formula is C27H33F2N3O4. The fourth-order valence-corrected chi connectivity index (χ4v) is 4.34. The number of aliphatic hydroxyl groups excluding tert-OH is 1. The Hall–Kier alpha value is -2.85. The van der Waals surface area contributed by atoms with E-state index in [4.69, 9.17) is 14.2 Å². The van der Waals surface area contributed by atoms with Crippen LogP contribution in [0, 0.1) is 18.6 Å². The number of ether oxygens (including phenoxy) is 3. The molecule has 1 fully saturated rings. The number of rotatable bonds is 12. The molecule has 2 atom stereocenters. The zero-order valence-corrected chi connectivity index (χ0v) is 20.7. The number of para-hydroxylation sites is 1. The largest absolute Gasteiger partial charge is 0.435 e. The average molecular weight is 502 g/mol. The van der Waals surface area contributed by atoms with Gasteiger partial charge in [0.15, 0.2) is 11.6 Å². The summed E-state index contributed by atoms with van der Waals surface area (Å²) in [6.45, 7) is 6.59. The van der Waals surface area contributed by atoms with E-state index < -0.39 is 17.7 Å². The Morgan fingerprint density at radius 2 is 2.03 bits per heavy atom. The van der Waals surface area contributed by atoms with E-state index in [1.54, 1.807) is 4.68 Å². The van der Waals surface area contributed by atoms with Crippen molar-refractivity contribution in [1.82, 2.24) is 14.7 Å². The van der Waals surface area contributed by atoms with E-state index in [1.165, 1.54) is 6.07 Å². The third-order valence-corrected chi connectivity index (χ3v) is 6.09. The van der Waals surface area contributed by atoms with Crippen LogP contribution in [0.25, 0.3) is 5.69 Å². The number of halogens is 2. The first-order valence-electron chi connectivity index (χ1n) is 12.3. The summed E-state index contributed by atoms with van der Waals surface area (Å²) >= 11 is 0. The summed E-state index contributed by atoms with van der Waals surface area (Å²) in [6.07, 6.45) is 1.33. The maximum atomic E-state index is 14.6. The Balaban J connectivity index is 1.68. The maximum absolute atomic E-state index is 14.6. The number of benzene rings is 2. The monoisotopic (exact) mass is 501 g/mol. The minimum absolute atomic E-state index is 0.0627. The van der Waals surface area contributed by atoms with E-state index >= 15 is 0 Å². The van der Waals surface area contributed by atoms with Gasteiger partial charge >= 0.3 is 0 Å². The predicted molar refractivity (Wildman–Crippen MR) is 131 cm³/mol. The predicted octanol–water partition coefficient (Wildman–Crippen LogP) is 4.63. The van der Waals surface area contributed by atoms with Gasteiger partial charge in [0.2, 0.25) is 5.88 Å². The zero-order valence-electron chi connectivity index (χ0n) is 20.7. The van der Waals surface area contributed by atoms with Crippen molar-refractivity contribution < 1.29 is 28.1 Å². The molecule has 1 aliphatic rings. The Bertz CT molecular complexity index is 1120. The van der Waals surface area contributed by atoms with E-state index in [0.717, 1.165) is 42.8 Å². The Kier molecular flexibility index (Phi) is 9.03. The topological polar surface area (TPSA) is 69.0 Å². The van der Waals surface area contributed by atoms with Gasteiger partial charge < -0.3 is 19.3 Å². The first-order chi connectivity index (χ1) is 17.4. The number of aryl methyl sites for hydroxylation is 1. The molecule has 1 aliphatic heterocycles. The van der Waals surface area contributed by atoms with Crippen molar-refractivity contribution in [3.8, 4) is 17.3 Å². The number of aliphatic hydroxyl groups is 1. The zero-order chi connectivity index (χ0) is 25.5. The molecule has 36 heavy (non-hydrogen) atoms. The van der Waals surface area contributed by atoms with E-state index in [-0.39, 0.29) is 18.5 Å². The average Bonchev–Trinajstić information content (AvgIpc) is 3.48. The molecule has 194 valence electrons. The number of hydrogen-bond acceptors (Lipinski definition) is 6. The standard InChI is InChI=1S/C27H33F2N3O4/c1-3-34-18-22(33)15-31(16-23-10-7-13-35-23)17-24-19(2)30-32(21-8-5-4-6-9-21)27(24)36-26-12-11-20(28)14-25(26)29/h4-6,8-9,11-12,14,22-23,33H,3,7,10,13,15-18H2,1-2H3. The van der Waals surface area contributed by atoms with Crippen molar-refractivity contribution in [1.29, 1.82) is 0 Å². The van der Waals surface area contributed by atoms with Gasteiger partial charge in [-0.2, -0.15) is 5.10 Å². The summed E-state index contributed by atoms with van der Waals surface area (Å²) in [7, 11) is 0.